The summed E-state index contributed by atoms with van der Waals surface area (Å²) in [7, 11) is 0. The highest BCUT2D eigenvalue weighted by atomic mass is 14.4. The fourth-order valence-electron chi connectivity index (χ4n) is 2.87. The Bertz CT molecular complexity index is 188. The van der Waals surface area contributed by atoms with Gasteiger partial charge in [-0.25, -0.2) is 0 Å². The van der Waals surface area contributed by atoms with Gasteiger partial charge in [0.15, 0.2) is 0 Å². The molecule has 0 aromatic rings. The molecule has 0 spiro atoms. The van der Waals surface area contributed by atoms with Crippen molar-refractivity contribution in [3.05, 3.63) is 12.2 Å². The molecule has 0 amide bonds. The van der Waals surface area contributed by atoms with Gasteiger partial charge in [0.25, 0.3) is 0 Å². The molecule has 0 heterocycles. The maximum absolute atomic E-state index is 4.15. The summed E-state index contributed by atoms with van der Waals surface area (Å²) < 4.78 is 0. The van der Waals surface area contributed by atoms with Crippen LogP contribution < -0.4 is 0 Å². The average Bonchev–Trinajstić information content (AvgIpc) is 1.82. The molecule has 0 aliphatic heterocycles. The number of rotatable bonds is 1. The lowest BCUT2D eigenvalue weighted by Gasteiger charge is -2.43. The van der Waals surface area contributed by atoms with Crippen LogP contribution in [0, 0.1) is 10.8 Å². The highest BCUT2D eigenvalue weighted by Crippen LogP contribution is 2.49. The lowest BCUT2D eigenvalue weighted by molar-refractivity contribution is 0.132. The van der Waals surface area contributed by atoms with Gasteiger partial charge in [0.1, 0.15) is 0 Å². The molecule has 0 saturated heterocycles. The van der Waals surface area contributed by atoms with Crippen LogP contribution in [0.4, 0.5) is 0 Å². The molecule has 0 radical (unpaired) electrons. The minimum absolute atomic E-state index is 0.486. The molecule has 1 rings (SSSR count). The second-order valence-corrected chi connectivity index (χ2v) is 5.61. The van der Waals surface area contributed by atoms with Gasteiger partial charge >= 0.3 is 0 Å². The zero-order valence-electron chi connectivity index (χ0n) is 9.04. The van der Waals surface area contributed by atoms with Gasteiger partial charge in [0.2, 0.25) is 0 Å². The lowest BCUT2D eigenvalue weighted by atomic mass is 9.62. The second kappa shape index (κ2) is 2.90. The van der Waals surface area contributed by atoms with E-state index >= 15 is 0 Å². The van der Waals surface area contributed by atoms with E-state index < -0.39 is 0 Å². The molecule has 1 unspecified atom stereocenters. The van der Waals surface area contributed by atoms with E-state index in [2.05, 4.69) is 34.3 Å². The molecular weight excluding hydrogens is 144 g/mol. The van der Waals surface area contributed by atoms with Gasteiger partial charge in [0, 0.05) is 0 Å². The van der Waals surface area contributed by atoms with Crippen LogP contribution >= 0.6 is 0 Å². The minimum atomic E-state index is 0.486. The molecule has 1 atom stereocenters. The molecular formula is C12H22. The minimum Gasteiger partial charge on any atom is -0.0998 e. The third-order valence-electron chi connectivity index (χ3n) is 3.16. The molecule has 0 heteroatoms. The Labute approximate surface area is 77.1 Å². The predicted molar refractivity (Wildman–Crippen MR) is 55.2 cm³/mol. The van der Waals surface area contributed by atoms with Gasteiger partial charge in [-0.3, -0.25) is 0 Å². The molecule has 1 saturated carbocycles. The first-order chi connectivity index (χ1) is 5.37. The largest absolute Gasteiger partial charge is 0.0998 e. The van der Waals surface area contributed by atoms with E-state index in [0.29, 0.717) is 10.8 Å². The van der Waals surface area contributed by atoms with Crippen molar-refractivity contribution in [2.45, 2.75) is 53.4 Å². The average molecular weight is 166 g/mol. The highest BCUT2D eigenvalue weighted by molar-refractivity contribution is 5.08. The molecule has 70 valence electrons. The maximum atomic E-state index is 4.15. The van der Waals surface area contributed by atoms with Crippen LogP contribution in [0.5, 0.6) is 0 Å². The third-order valence-corrected chi connectivity index (χ3v) is 3.16. The summed E-state index contributed by atoms with van der Waals surface area (Å²) in [5.74, 6) is 0. The second-order valence-electron chi connectivity index (χ2n) is 5.61. The Morgan fingerprint density at radius 2 is 1.83 bits per heavy atom. The SMILES string of the molecule is C=C1CC(C)(C)CC(C)(CC)C1. The van der Waals surface area contributed by atoms with Gasteiger partial charge in [-0.15, -0.1) is 0 Å². The van der Waals surface area contributed by atoms with Crippen molar-refractivity contribution in [3.8, 4) is 0 Å². The predicted octanol–water partition coefficient (Wildman–Crippen LogP) is 4.17. The summed E-state index contributed by atoms with van der Waals surface area (Å²) in [6, 6.07) is 0. The van der Waals surface area contributed by atoms with Gasteiger partial charge in [-0.2, -0.15) is 0 Å². The first-order valence-electron chi connectivity index (χ1n) is 5.04. The van der Waals surface area contributed by atoms with Crippen LogP contribution in [0.3, 0.4) is 0 Å². The summed E-state index contributed by atoms with van der Waals surface area (Å²) in [6.07, 6.45) is 5.11. The number of hydrogen-bond donors (Lipinski definition) is 0. The third kappa shape index (κ3) is 2.12. The molecule has 0 aromatic carbocycles. The number of allylic oxidation sites excluding steroid dienone is 1. The maximum Gasteiger partial charge on any atom is -0.0268 e. The summed E-state index contributed by atoms with van der Waals surface area (Å²) in [5.41, 5.74) is 2.47. The van der Waals surface area contributed by atoms with Crippen LogP contribution in [-0.4, -0.2) is 0 Å². The normalized spacial score (nSPS) is 35.2. The van der Waals surface area contributed by atoms with Crippen molar-refractivity contribution in [3.63, 3.8) is 0 Å². The van der Waals surface area contributed by atoms with Crippen LogP contribution in [-0.2, 0) is 0 Å². The van der Waals surface area contributed by atoms with Crippen LogP contribution in [0.25, 0.3) is 0 Å². The standard InChI is InChI=1S/C12H22/c1-6-12(5)8-10(2)7-11(3,4)9-12/h2,6-9H2,1,3-5H3. The Morgan fingerprint density at radius 1 is 1.25 bits per heavy atom. The van der Waals surface area contributed by atoms with Gasteiger partial charge in [-0.1, -0.05) is 46.3 Å². The fraction of sp³-hybridized carbons (Fsp3) is 0.833. The summed E-state index contributed by atoms with van der Waals surface area (Å²) in [6.45, 7) is 13.6. The topological polar surface area (TPSA) is 0 Å². The van der Waals surface area contributed by atoms with E-state index in [-0.39, 0.29) is 0 Å². The van der Waals surface area contributed by atoms with E-state index in [4.69, 9.17) is 0 Å². The van der Waals surface area contributed by atoms with E-state index in [1.54, 1.807) is 0 Å². The molecule has 0 nitrogen and oxygen atoms in total. The van der Waals surface area contributed by atoms with E-state index in [0.717, 1.165) is 0 Å². The van der Waals surface area contributed by atoms with E-state index in [1.165, 1.54) is 31.3 Å². The monoisotopic (exact) mass is 166 g/mol. The van der Waals surface area contributed by atoms with Crippen molar-refractivity contribution in [1.82, 2.24) is 0 Å². The van der Waals surface area contributed by atoms with Crippen LogP contribution in [0.1, 0.15) is 53.4 Å². The quantitative estimate of drug-likeness (QED) is 0.513. The molecule has 0 aromatic heterocycles. The van der Waals surface area contributed by atoms with Crippen molar-refractivity contribution in [2.75, 3.05) is 0 Å². The van der Waals surface area contributed by atoms with Gasteiger partial charge in [0.05, 0.1) is 0 Å². The van der Waals surface area contributed by atoms with E-state index in [9.17, 15) is 0 Å². The summed E-state index contributed by atoms with van der Waals surface area (Å²) in [4.78, 5) is 0. The molecule has 1 aliphatic rings. The lowest BCUT2D eigenvalue weighted by Crippen LogP contribution is -2.31. The first kappa shape index (κ1) is 9.83. The summed E-state index contributed by atoms with van der Waals surface area (Å²) >= 11 is 0. The van der Waals surface area contributed by atoms with Gasteiger partial charge in [-0.05, 0) is 30.1 Å². The van der Waals surface area contributed by atoms with Crippen molar-refractivity contribution < 1.29 is 0 Å². The zero-order chi connectivity index (χ0) is 9.41. The first-order valence-corrected chi connectivity index (χ1v) is 5.04. The zero-order valence-corrected chi connectivity index (χ0v) is 9.04. The Morgan fingerprint density at radius 3 is 2.25 bits per heavy atom. The molecule has 1 aliphatic carbocycles. The molecule has 1 fully saturated rings. The van der Waals surface area contributed by atoms with Gasteiger partial charge < -0.3 is 0 Å². The van der Waals surface area contributed by atoms with Crippen molar-refractivity contribution >= 4 is 0 Å². The Hall–Kier alpha value is -0.260. The smallest absolute Gasteiger partial charge is 0.0268 e. The Kier molecular flexibility index (Phi) is 2.38. The van der Waals surface area contributed by atoms with Crippen LogP contribution in [0.2, 0.25) is 0 Å². The molecule has 12 heavy (non-hydrogen) atoms. The molecule has 0 bridgehead atoms. The Balaban J connectivity index is 2.76. The highest BCUT2D eigenvalue weighted by Gasteiger charge is 2.36. The van der Waals surface area contributed by atoms with Crippen molar-refractivity contribution in [1.29, 1.82) is 0 Å². The summed E-state index contributed by atoms with van der Waals surface area (Å²) in [5, 5.41) is 0. The molecule has 0 N–H and O–H groups in total. The van der Waals surface area contributed by atoms with Crippen molar-refractivity contribution in [2.24, 2.45) is 10.8 Å². The van der Waals surface area contributed by atoms with E-state index in [1.807, 2.05) is 0 Å². The van der Waals surface area contributed by atoms with Crippen LogP contribution in [0.15, 0.2) is 12.2 Å². The fourth-order valence-corrected chi connectivity index (χ4v) is 2.87. The number of hydrogen-bond acceptors (Lipinski definition) is 0.